The number of anilines is 1. The van der Waals surface area contributed by atoms with Gasteiger partial charge in [-0.25, -0.2) is 0 Å². The van der Waals surface area contributed by atoms with E-state index in [0.29, 0.717) is 52.9 Å². The van der Waals surface area contributed by atoms with Gasteiger partial charge in [0.15, 0.2) is 16.1 Å². The van der Waals surface area contributed by atoms with Crippen molar-refractivity contribution in [3.05, 3.63) is 66.4 Å². The second kappa shape index (κ2) is 5.98. The van der Waals surface area contributed by atoms with Crippen LogP contribution in [-0.4, -0.2) is 21.4 Å². The minimum absolute atomic E-state index is 0.121. The highest BCUT2D eigenvalue weighted by Gasteiger charge is 2.22. The molecule has 1 aromatic carbocycles. The lowest BCUT2D eigenvalue weighted by atomic mass is 10.1. The van der Waals surface area contributed by atoms with Crippen LogP contribution in [0, 0.1) is 4.77 Å². The van der Waals surface area contributed by atoms with E-state index in [1.165, 1.54) is 0 Å². The van der Waals surface area contributed by atoms with E-state index in [1.54, 1.807) is 24.3 Å². The smallest absolute Gasteiger partial charge is 0.256 e. The van der Waals surface area contributed by atoms with Crippen molar-refractivity contribution >= 4 is 29.1 Å². The molecule has 4 rings (SSSR count). The van der Waals surface area contributed by atoms with Gasteiger partial charge >= 0.3 is 0 Å². The highest BCUT2D eigenvalue weighted by atomic mass is 32.1. The number of nitrogens with one attached hydrogen (secondary N) is 2. The fourth-order valence-electron chi connectivity index (χ4n) is 3.22. The molecule has 8 heteroatoms. The summed E-state index contributed by atoms with van der Waals surface area (Å²) in [6.07, 6.45) is 0.654. The lowest BCUT2D eigenvalue weighted by Gasteiger charge is -2.27. The van der Waals surface area contributed by atoms with E-state index in [1.807, 2.05) is 4.90 Å². The van der Waals surface area contributed by atoms with Crippen LogP contribution < -0.4 is 16.7 Å². The van der Waals surface area contributed by atoms with Gasteiger partial charge in [0.1, 0.15) is 5.58 Å². The number of para-hydroxylation sites is 1. The fraction of sp³-hybridized carbons (Fsp3) is 0.235. The van der Waals surface area contributed by atoms with Crippen LogP contribution in [0.1, 0.15) is 16.8 Å². The highest BCUT2D eigenvalue weighted by Crippen LogP contribution is 2.21. The Labute approximate surface area is 147 Å². The number of nitrogens with zero attached hydrogens (tertiary/aromatic N) is 1. The number of aromatic nitrogens is 2. The maximum Gasteiger partial charge on any atom is 0.256 e. The fourth-order valence-corrected chi connectivity index (χ4v) is 3.43. The lowest BCUT2D eigenvalue weighted by molar-refractivity contribution is 0.240. The average Bonchev–Trinajstić information content (AvgIpc) is 2.59. The van der Waals surface area contributed by atoms with Gasteiger partial charge in [-0.3, -0.25) is 19.5 Å². The van der Waals surface area contributed by atoms with Gasteiger partial charge in [0.05, 0.1) is 16.5 Å². The molecule has 0 aliphatic carbocycles. The Bertz CT molecular complexity index is 1150. The minimum atomic E-state index is -0.193. The Kier molecular flexibility index (Phi) is 3.78. The van der Waals surface area contributed by atoms with E-state index in [0.717, 1.165) is 5.69 Å². The number of nitrogens with two attached hydrogens (primary N) is 1. The van der Waals surface area contributed by atoms with E-state index in [9.17, 15) is 9.59 Å². The Hall–Kier alpha value is -2.71. The zero-order valence-electron chi connectivity index (χ0n) is 13.3. The van der Waals surface area contributed by atoms with Gasteiger partial charge in [0.25, 0.3) is 5.56 Å². The first-order valence-corrected chi connectivity index (χ1v) is 8.30. The predicted octanol–water partition coefficient (Wildman–Crippen LogP) is 1.68. The topological polar surface area (TPSA) is 108 Å². The molecule has 0 bridgehead atoms. The summed E-state index contributed by atoms with van der Waals surface area (Å²) in [5.41, 5.74) is 8.03. The molecule has 0 saturated carbocycles. The van der Waals surface area contributed by atoms with E-state index in [-0.39, 0.29) is 16.9 Å². The first-order valence-electron chi connectivity index (χ1n) is 7.90. The molecule has 7 nitrogen and oxygen atoms in total. The van der Waals surface area contributed by atoms with Gasteiger partial charge < -0.3 is 15.1 Å². The van der Waals surface area contributed by atoms with E-state index >= 15 is 0 Å². The third kappa shape index (κ3) is 2.79. The summed E-state index contributed by atoms with van der Waals surface area (Å²) in [5, 5.41) is 0.506. The predicted molar refractivity (Wildman–Crippen MR) is 97.0 cm³/mol. The summed E-state index contributed by atoms with van der Waals surface area (Å²) in [6.45, 7) is 1.43. The molecule has 0 atom stereocenters. The number of benzene rings is 1. The summed E-state index contributed by atoms with van der Waals surface area (Å²) in [7, 11) is 0. The second-order valence-corrected chi connectivity index (χ2v) is 6.50. The summed E-state index contributed by atoms with van der Waals surface area (Å²) in [5.74, 6) is 0.121. The Balaban J connectivity index is 1.70. The summed E-state index contributed by atoms with van der Waals surface area (Å²) in [4.78, 5) is 32.5. The van der Waals surface area contributed by atoms with Crippen LogP contribution in [0.25, 0.3) is 11.0 Å². The van der Waals surface area contributed by atoms with Crippen LogP contribution >= 0.6 is 12.2 Å². The molecule has 0 radical (unpaired) electrons. The van der Waals surface area contributed by atoms with Crippen molar-refractivity contribution in [3.63, 3.8) is 0 Å². The molecular weight excluding hydrogens is 340 g/mol. The molecule has 3 aromatic rings. The normalized spacial score (nSPS) is 14.6. The van der Waals surface area contributed by atoms with Gasteiger partial charge in [-0.1, -0.05) is 12.1 Å². The third-order valence-corrected chi connectivity index (χ3v) is 4.70. The number of hydrogen-bond donors (Lipinski definition) is 3. The molecule has 0 saturated heterocycles. The third-order valence-electron chi connectivity index (χ3n) is 4.49. The zero-order chi connectivity index (χ0) is 17.6. The Morgan fingerprint density at radius 2 is 2.04 bits per heavy atom. The Morgan fingerprint density at radius 1 is 1.24 bits per heavy atom. The van der Waals surface area contributed by atoms with Gasteiger partial charge in [0.2, 0.25) is 0 Å². The molecule has 1 aliphatic heterocycles. The number of nitrogen functional groups attached to an aromatic ring is 1. The molecule has 0 fully saturated rings. The van der Waals surface area contributed by atoms with Crippen LogP contribution in [0.15, 0.2) is 38.3 Å². The van der Waals surface area contributed by atoms with E-state index in [2.05, 4.69) is 9.97 Å². The van der Waals surface area contributed by atoms with Gasteiger partial charge in [-0.15, -0.1) is 0 Å². The van der Waals surface area contributed by atoms with Crippen molar-refractivity contribution in [2.75, 3.05) is 12.3 Å². The van der Waals surface area contributed by atoms with Gasteiger partial charge in [-0.2, -0.15) is 0 Å². The largest absolute Gasteiger partial charge is 0.440 e. The SMILES string of the molecule is Nc1oc2ccccc2c(=O)c1CN1CCc2[nH]c(=S)[nH]c(=O)c2C1. The van der Waals surface area contributed by atoms with Crippen molar-refractivity contribution in [3.8, 4) is 0 Å². The summed E-state index contributed by atoms with van der Waals surface area (Å²) >= 11 is 5.00. The van der Waals surface area contributed by atoms with Crippen molar-refractivity contribution in [1.29, 1.82) is 0 Å². The number of rotatable bonds is 2. The molecular formula is C17H16N4O3S. The number of fused-ring (bicyclic) bond motifs is 2. The average molecular weight is 356 g/mol. The maximum atomic E-state index is 12.7. The molecule has 0 unspecified atom stereocenters. The van der Waals surface area contributed by atoms with Crippen LogP contribution in [-0.2, 0) is 19.5 Å². The van der Waals surface area contributed by atoms with Crippen molar-refractivity contribution in [1.82, 2.24) is 14.9 Å². The van der Waals surface area contributed by atoms with Crippen molar-refractivity contribution < 1.29 is 4.42 Å². The number of aromatic amines is 2. The van der Waals surface area contributed by atoms with Crippen LogP contribution in [0.4, 0.5) is 5.88 Å². The standard InChI is InChI=1S/C17H16N4O3S/c18-15-11(14(22)9-3-1-2-4-13(9)24-15)8-21-6-5-12-10(7-21)16(23)20-17(25)19-12/h1-4H,5-8,18H2,(H2,19,20,23,25). The molecule has 3 heterocycles. The first-order chi connectivity index (χ1) is 12.0. The monoisotopic (exact) mass is 356 g/mol. The molecule has 128 valence electrons. The van der Waals surface area contributed by atoms with Crippen molar-refractivity contribution in [2.24, 2.45) is 0 Å². The van der Waals surface area contributed by atoms with Crippen LogP contribution in [0.5, 0.6) is 0 Å². The first kappa shape index (κ1) is 15.8. The zero-order valence-corrected chi connectivity index (χ0v) is 14.1. The molecule has 2 aromatic heterocycles. The van der Waals surface area contributed by atoms with Crippen molar-refractivity contribution in [2.45, 2.75) is 19.5 Å². The van der Waals surface area contributed by atoms with E-state index < -0.39 is 0 Å². The maximum absolute atomic E-state index is 12.7. The van der Waals surface area contributed by atoms with Crippen LogP contribution in [0.3, 0.4) is 0 Å². The molecule has 0 spiro atoms. The molecule has 4 N–H and O–H groups in total. The van der Waals surface area contributed by atoms with Gasteiger partial charge in [-0.05, 0) is 24.4 Å². The number of H-pyrrole nitrogens is 2. The van der Waals surface area contributed by atoms with Crippen LogP contribution in [0.2, 0.25) is 0 Å². The molecule has 0 amide bonds. The summed E-state index contributed by atoms with van der Waals surface area (Å²) in [6, 6.07) is 7.02. The lowest BCUT2D eigenvalue weighted by Crippen LogP contribution is -2.36. The summed E-state index contributed by atoms with van der Waals surface area (Å²) < 4.78 is 5.92. The number of hydrogen-bond acceptors (Lipinski definition) is 6. The molecule has 25 heavy (non-hydrogen) atoms. The highest BCUT2D eigenvalue weighted by molar-refractivity contribution is 7.71. The van der Waals surface area contributed by atoms with E-state index in [4.69, 9.17) is 22.4 Å². The Morgan fingerprint density at radius 3 is 2.88 bits per heavy atom. The second-order valence-electron chi connectivity index (χ2n) is 6.10. The molecule has 1 aliphatic rings. The minimum Gasteiger partial charge on any atom is -0.440 e. The van der Waals surface area contributed by atoms with Gasteiger partial charge in [0, 0.05) is 31.7 Å². The quantitative estimate of drug-likeness (QED) is 0.603.